The van der Waals surface area contributed by atoms with Crippen molar-refractivity contribution in [2.75, 3.05) is 13.2 Å². The zero-order valence-corrected chi connectivity index (χ0v) is 8.68. The van der Waals surface area contributed by atoms with Crippen LogP contribution in [0.2, 0.25) is 0 Å². The Balaban J connectivity index is 2.21. The average molecular weight is 206 g/mol. The van der Waals surface area contributed by atoms with Gasteiger partial charge in [-0.2, -0.15) is 0 Å². The highest BCUT2D eigenvalue weighted by molar-refractivity contribution is 5.81. The van der Waals surface area contributed by atoms with Crippen LogP contribution in [0, 0.1) is 0 Å². The second kappa shape index (κ2) is 4.45. The van der Waals surface area contributed by atoms with E-state index in [1.54, 1.807) is 0 Å². The van der Waals surface area contributed by atoms with Gasteiger partial charge in [0.2, 0.25) is 0 Å². The summed E-state index contributed by atoms with van der Waals surface area (Å²) in [6.07, 6.45) is -0.134. The first kappa shape index (κ1) is 10.2. The largest absolute Gasteiger partial charge is 0.462 e. The lowest BCUT2D eigenvalue weighted by atomic mass is 9.96. The molecule has 0 spiro atoms. The zero-order chi connectivity index (χ0) is 10.7. The van der Waals surface area contributed by atoms with E-state index in [1.807, 2.05) is 37.3 Å². The number of rotatable bonds is 3. The third kappa shape index (κ3) is 2.02. The monoisotopic (exact) mass is 206 g/mol. The molecule has 1 aliphatic rings. The Bertz CT molecular complexity index is 334. The lowest BCUT2D eigenvalue weighted by Gasteiger charge is -2.14. The number of carbonyl (C=O) groups excluding carboxylic acids is 1. The molecule has 1 aromatic rings. The highest BCUT2D eigenvalue weighted by Gasteiger charge is 2.38. The number of cyclic esters (lactones) is 1. The van der Waals surface area contributed by atoms with Crippen molar-refractivity contribution in [3.8, 4) is 0 Å². The summed E-state index contributed by atoms with van der Waals surface area (Å²) in [5.74, 6) is -0.439. The lowest BCUT2D eigenvalue weighted by Crippen LogP contribution is -2.22. The summed E-state index contributed by atoms with van der Waals surface area (Å²) in [6.45, 7) is 2.89. The predicted octanol–water partition coefficient (Wildman–Crippen LogP) is 1.73. The Morgan fingerprint density at radius 3 is 2.80 bits per heavy atom. The topological polar surface area (TPSA) is 35.5 Å². The molecule has 80 valence electrons. The number of benzene rings is 1. The molecule has 2 rings (SSSR count). The van der Waals surface area contributed by atoms with E-state index >= 15 is 0 Å². The molecule has 15 heavy (non-hydrogen) atoms. The van der Waals surface area contributed by atoms with E-state index in [9.17, 15) is 4.79 Å². The van der Waals surface area contributed by atoms with Crippen molar-refractivity contribution < 1.29 is 14.3 Å². The molecule has 1 heterocycles. The van der Waals surface area contributed by atoms with Gasteiger partial charge in [-0.3, -0.25) is 4.79 Å². The molecular formula is C12H14O3. The second-order valence-corrected chi connectivity index (χ2v) is 3.51. The van der Waals surface area contributed by atoms with Crippen LogP contribution in [0.3, 0.4) is 0 Å². The predicted molar refractivity (Wildman–Crippen MR) is 55.6 cm³/mol. The number of esters is 1. The first-order valence-corrected chi connectivity index (χ1v) is 5.16. The van der Waals surface area contributed by atoms with Crippen LogP contribution in [-0.4, -0.2) is 25.3 Å². The van der Waals surface area contributed by atoms with Gasteiger partial charge in [0.05, 0.1) is 0 Å². The van der Waals surface area contributed by atoms with Crippen LogP contribution < -0.4 is 0 Å². The normalized spacial score (nSPS) is 25.3. The smallest absolute Gasteiger partial charge is 0.316 e. The molecule has 1 aliphatic heterocycles. The molecule has 0 radical (unpaired) electrons. The first-order valence-electron chi connectivity index (χ1n) is 5.16. The van der Waals surface area contributed by atoms with Gasteiger partial charge >= 0.3 is 5.97 Å². The number of carbonyl (C=O) groups is 1. The molecule has 3 nitrogen and oxygen atoms in total. The fourth-order valence-corrected chi connectivity index (χ4v) is 1.87. The fourth-order valence-electron chi connectivity index (χ4n) is 1.87. The van der Waals surface area contributed by atoms with Crippen molar-refractivity contribution in [3.63, 3.8) is 0 Å². The minimum Gasteiger partial charge on any atom is -0.462 e. The molecule has 0 aliphatic carbocycles. The Morgan fingerprint density at radius 2 is 2.13 bits per heavy atom. The molecule has 1 saturated heterocycles. The summed E-state index contributed by atoms with van der Waals surface area (Å²) in [5, 5.41) is 0. The standard InChI is InChI=1S/C12H14O3/c1-2-14-10-8-15-12(13)11(10)9-6-4-3-5-7-9/h3-7,10-11H,2,8H2,1H3. The fraction of sp³-hybridized carbons (Fsp3) is 0.417. The van der Waals surface area contributed by atoms with E-state index in [0.29, 0.717) is 13.2 Å². The summed E-state index contributed by atoms with van der Waals surface area (Å²) in [4.78, 5) is 11.6. The first-order chi connectivity index (χ1) is 7.33. The summed E-state index contributed by atoms with van der Waals surface area (Å²) in [6, 6.07) is 9.64. The Kier molecular flexibility index (Phi) is 3.02. The van der Waals surface area contributed by atoms with Crippen LogP contribution in [0.25, 0.3) is 0 Å². The van der Waals surface area contributed by atoms with Gasteiger partial charge in [-0.15, -0.1) is 0 Å². The van der Waals surface area contributed by atoms with Gasteiger partial charge in [0.25, 0.3) is 0 Å². The average Bonchev–Trinajstić information content (AvgIpc) is 2.62. The van der Waals surface area contributed by atoms with Gasteiger partial charge in [-0.25, -0.2) is 0 Å². The van der Waals surface area contributed by atoms with Gasteiger partial charge < -0.3 is 9.47 Å². The third-order valence-electron chi connectivity index (χ3n) is 2.56. The number of hydrogen-bond acceptors (Lipinski definition) is 3. The van der Waals surface area contributed by atoms with E-state index in [4.69, 9.17) is 9.47 Å². The van der Waals surface area contributed by atoms with E-state index in [0.717, 1.165) is 5.56 Å². The van der Waals surface area contributed by atoms with Crippen LogP contribution in [0.5, 0.6) is 0 Å². The summed E-state index contributed by atoms with van der Waals surface area (Å²) in [7, 11) is 0. The highest BCUT2D eigenvalue weighted by Crippen LogP contribution is 2.28. The molecule has 1 aromatic carbocycles. The van der Waals surface area contributed by atoms with Crippen LogP contribution in [0.15, 0.2) is 30.3 Å². The maximum atomic E-state index is 11.6. The molecule has 1 fully saturated rings. The quantitative estimate of drug-likeness (QED) is 0.706. The van der Waals surface area contributed by atoms with Gasteiger partial charge in [0.15, 0.2) is 0 Å². The Labute approximate surface area is 89.0 Å². The third-order valence-corrected chi connectivity index (χ3v) is 2.56. The van der Waals surface area contributed by atoms with Crippen LogP contribution >= 0.6 is 0 Å². The van der Waals surface area contributed by atoms with E-state index in [1.165, 1.54) is 0 Å². The van der Waals surface area contributed by atoms with Crippen molar-refractivity contribution in [1.82, 2.24) is 0 Å². The number of ether oxygens (including phenoxy) is 2. The van der Waals surface area contributed by atoms with Crippen molar-refractivity contribution in [2.45, 2.75) is 18.9 Å². The van der Waals surface area contributed by atoms with Crippen molar-refractivity contribution in [1.29, 1.82) is 0 Å². The van der Waals surface area contributed by atoms with E-state index in [-0.39, 0.29) is 18.0 Å². The zero-order valence-electron chi connectivity index (χ0n) is 8.68. The van der Waals surface area contributed by atoms with Crippen molar-refractivity contribution >= 4 is 5.97 Å². The van der Waals surface area contributed by atoms with Crippen molar-refractivity contribution in [3.05, 3.63) is 35.9 Å². The minimum absolute atomic E-state index is 0.134. The maximum absolute atomic E-state index is 11.6. The molecule has 2 unspecified atom stereocenters. The maximum Gasteiger partial charge on any atom is 0.316 e. The molecular weight excluding hydrogens is 192 g/mol. The highest BCUT2D eigenvalue weighted by atomic mass is 16.6. The summed E-state index contributed by atoms with van der Waals surface area (Å²) < 4.78 is 10.5. The number of hydrogen-bond donors (Lipinski definition) is 0. The SMILES string of the molecule is CCOC1COC(=O)C1c1ccccc1. The molecule has 2 atom stereocenters. The van der Waals surface area contributed by atoms with Gasteiger partial charge in [-0.05, 0) is 12.5 Å². The van der Waals surface area contributed by atoms with E-state index in [2.05, 4.69) is 0 Å². The molecule has 0 aromatic heterocycles. The second-order valence-electron chi connectivity index (χ2n) is 3.51. The van der Waals surface area contributed by atoms with Crippen LogP contribution in [0.4, 0.5) is 0 Å². The minimum atomic E-state index is -0.258. The van der Waals surface area contributed by atoms with Crippen LogP contribution in [-0.2, 0) is 14.3 Å². The molecule has 0 amide bonds. The molecule has 0 saturated carbocycles. The van der Waals surface area contributed by atoms with Gasteiger partial charge in [-0.1, -0.05) is 30.3 Å². The van der Waals surface area contributed by atoms with E-state index < -0.39 is 0 Å². The Hall–Kier alpha value is -1.35. The Morgan fingerprint density at radius 1 is 1.40 bits per heavy atom. The molecule has 0 bridgehead atoms. The molecule has 0 N–H and O–H groups in total. The van der Waals surface area contributed by atoms with Gasteiger partial charge in [0.1, 0.15) is 18.6 Å². The summed E-state index contributed by atoms with van der Waals surface area (Å²) >= 11 is 0. The van der Waals surface area contributed by atoms with Crippen LogP contribution in [0.1, 0.15) is 18.4 Å². The summed E-state index contributed by atoms with van der Waals surface area (Å²) in [5.41, 5.74) is 0.971. The van der Waals surface area contributed by atoms with Gasteiger partial charge in [0, 0.05) is 6.61 Å². The van der Waals surface area contributed by atoms with Crippen molar-refractivity contribution in [2.24, 2.45) is 0 Å². The lowest BCUT2D eigenvalue weighted by molar-refractivity contribution is -0.139. The molecule has 3 heteroatoms.